The van der Waals surface area contributed by atoms with E-state index in [2.05, 4.69) is 14.9 Å². The first-order chi connectivity index (χ1) is 20.8. The Bertz CT molecular complexity index is 1580. The fraction of sp³-hybridized carbons (Fsp3) is 0.375. The molecule has 5 N–H and O–H groups in total. The van der Waals surface area contributed by atoms with E-state index in [-0.39, 0.29) is 36.9 Å². The lowest BCUT2D eigenvalue weighted by atomic mass is 10.0. The number of aliphatic hydroxyl groups excluding tert-OH is 1. The first-order valence-electron chi connectivity index (χ1n) is 14.4. The van der Waals surface area contributed by atoms with Crippen molar-refractivity contribution in [2.24, 2.45) is 5.92 Å². The van der Waals surface area contributed by atoms with E-state index in [4.69, 9.17) is 10.5 Å². The van der Waals surface area contributed by atoms with Crippen LogP contribution in [0.4, 0.5) is 17.1 Å². The standard InChI is InChI=1S/C32H41N5O6S/c1-21-17-37(22(2)20-38)31(39)16-25-15-26(35-44(4,41)42)13-14-29(25)43-30(21)19-36(3)18-23-9-11-24(12-10-23)32(40)34-28-8-6-5-7-27(28)33/h5-15,21-22,30,35,38H,16-20,33H2,1-4H3,(H,34,40)/t21-,22-,30-/m1/s1. The predicted molar refractivity (Wildman–Crippen MR) is 172 cm³/mol. The fourth-order valence-corrected chi connectivity index (χ4v) is 5.73. The van der Waals surface area contributed by atoms with Crippen molar-refractivity contribution in [3.05, 3.63) is 83.4 Å². The van der Waals surface area contributed by atoms with Gasteiger partial charge in [0.25, 0.3) is 5.91 Å². The maximum Gasteiger partial charge on any atom is 0.255 e. The third kappa shape index (κ3) is 8.71. The molecule has 1 heterocycles. The number of benzene rings is 3. The van der Waals surface area contributed by atoms with Gasteiger partial charge in [-0.1, -0.05) is 31.2 Å². The number of rotatable bonds is 10. The number of carbonyl (C=O) groups excluding carboxylic acids is 2. The van der Waals surface area contributed by atoms with Crippen LogP contribution in [0.15, 0.2) is 66.7 Å². The van der Waals surface area contributed by atoms with Crippen molar-refractivity contribution in [1.82, 2.24) is 9.80 Å². The summed E-state index contributed by atoms with van der Waals surface area (Å²) in [4.78, 5) is 29.9. The highest BCUT2D eigenvalue weighted by atomic mass is 32.2. The van der Waals surface area contributed by atoms with Gasteiger partial charge in [0.15, 0.2) is 0 Å². The zero-order valence-corrected chi connectivity index (χ0v) is 26.3. The summed E-state index contributed by atoms with van der Waals surface area (Å²) in [6.07, 6.45) is 0.747. The fourth-order valence-electron chi connectivity index (χ4n) is 5.18. The number of sulfonamides is 1. The number of fused-ring (bicyclic) bond motifs is 1. The Morgan fingerprint density at radius 3 is 2.52 bits per heavy atom. The number of nitrogen functional groups attached to an aromatic ring is 1. The van der Waals surface area contributed by atoms with E-state index in [0.717, 1.165) is 11.8 Å². The number of nitrogens with two attached hydrogens (primary N) is 1. The summed E-state index contributed by atoms with van der Waals surface area (Å²) in [6.45, 7) is 5.12. The molecular formula is C32H41N5O6S. The zero-order chi connectivity index (χ0) is 32.0. The number of nitrogens with one attached hydrogen (secondary N) is 2. The summed E-state index contributed by atoms with van der Waals surface area (Å²) in [7, 11) is -1.54. The second kappa shape index (κ2) is 14.1. The van der Waals surface area contributed by atoms with Gasteiger partial charge in [-0.15, -0.1) is 0 Å². The largest absolute Gasteiger partial charge is 0.488 e. The monoisotopic (exact) mass is 623 g/mol. The van der Waals surface area contributed by atoms with E-state index in [1.165, 1.54) is 0 Å². The summed E-state index contributed by atoms with van der Waals surface area (Å²) in [5.41, 5.74) is 9.41. The summed E-state index contributed by atoms with van der Waals surface area (Å²) >= 11 is 0. The van der Waals surface area contributed by atoms with Gasteiger partial charge < -0.3 is 25.8 Å². The lowest BCUT2D eigenvalue weighted by Gasteiger charge is -2.34. The number of nitrogens with zero attached hydrogens (tertiary/aromatic N) is 2. The van der Waals surface area contributed by atoms with Crippen LogP contribution >= 0.6 is 0 Å². The number of likely N-dealkylation sites (N-methyl/N-ethyl adjacent to an activating group) is 1. The molecule has 0 aliphatic carbocycles. The van der Waals surface area contributed by atoms with Crippen LogP contribution in [-0.4, -0.2) is 80.3 Å². The zero-order valence-electron chi connectivity index (χ0n) is 25.5. The highest BCUT2D eigenvalue weighted by molar-refractivity contribution is 7.92. The van der Waals surface area contributed by atoms with Crippen LogP contribution in [0.2, 0.25) is 0 Å². The van der Waals surface area contributed by atoms with E-state index >= 15 is 0 Å². The van der Waals surface area contributed by atoms with Crippen molar-refractivity contribution in [1.29, 1.82) is 0 Å². The van der Waals surface area contributed by atoms with Crippen molar-refractivity contribution in [2.75, 3.05) is 48.8 Å². The minimum Gasteiger partial charge on any atom is -0.488 e. The summed E-state index contributed by atoms with van der Waals surface area (Å²) in [5, 5.41) is 12.7. The molecule has 2 amide bonds. The number of amides is 2. The molecule has 0 radical (unpaired) electrons. The van der Waals surface area contributed by atoms with E-state index in [1.54, 1.807) is 60.4 Å². The molecule has 0 spiro atoms. The third-order valence-corrected chi connectivity index (χ3v) is 8.20. The number of para-hydroxylation sites is 2. The molecule has 3 aromatic carbocycles. The number of hydrogen-bond acceptors (Lipinski definition) is 8. The summed E-state index contributed by atoms with van der Waals surface area (Å²) in [5.74, 6) is -0.00421. The van der Waals surface area contributed by atoms with Crippen LogP contribution in [0.5, 0.6) is 5.75 Å². The molecule has 44 heavy (non-hydrogen) atoms. The molecular weight excluding hydrogens is 582 g/mol. The number of carbonyl (C=O) groups is 2. The number of hydrogen-bond donors (Lipinski definition) is 4. The average Bonchev–Trinajstić information content (AvgIpc) is 3.00. The first kappa shape index (κ1) is 32.8. The number of aliphatic hydroxyl groups is 1. The van der Waals surface area contributed by atoms with Gasteiger partial charge in [0.1, 0.15) is 11.9 Å². The molecule has 1 aliphatic heterocycles. The normalized spacial score (nSPS) is 18.0. The molecule has 236 valence electrons. The molecule has 0 unspecified atom stereocenters. The van der Waals surface area contributed by atoms with Crippen LogP contribution in [0.3, 0.4) is 0 Å². The lowest BCUT2D eigenvalue weighted by Crippen LogP contribution is -2.47. The molecule has 0 aromatic heterocycles. The highest BCUT2D eigenvalue weighted by Crippen LogP contribution is 2.29. The Morgan fingerprint density at radius 2 is 1.86 bits per heavy atom. The van der Waals surface area contributed by atoms with Gasteiger partial charge in [0.05, 0.1) is 36.7 Å². The molecule has 0 bridgehead atoms. The minimum atomic E-state index is -3.51. The van der Waals surface area contributed by atoms with Gasteiger partial charge in [0.2, 0.25) is 15.9 Å². The van der Waals surface area contributed by atoms with Crippen LogP contribution in [0.1, 0.15) is 35.3 Å². The SMILES string of the molecule is C[C@@H]1CN([C@H](C)CO)C(=O)Cc2cc(NS(C)(=O)=O)ccc2O[C@@H]1CN(C)Cc1ccc(C(=O)Nc2ccccc2N)cc1. The summed E-state index contributed by atoms with van der Waals surface area (Å²) in [6, 6.07) is 19.0. The number of anilines is 3. The Balaban J connectivity index is 1.50. The summed E-state index contributed by atoms with van der Waals surface area (Å²) < 4.78 is 32.6. The van der Waals surface area contributed by atoms with Gasteiger partial charge in [-0.05, 0) is 62.0 Å². The Kier molecular flexibility index (Phi) is 10.5. The van der Waals surface area contributed by atoms with Crippen LogP contribution < -0.4 is 20.5 Å². The van der Waals surface area contributed by atoms with Crippen molar-refractivity contribution in [3.8, 4) is 5.75 Å². The van der Waals surface area contributed by atoms with Crippen molar-refractivity contribution in [2.45, 2.75) is 39.0 Å². The Labute approximate surface area is 259 Å². The molecule has 0 saturated heterocycles. The molecule has 12 heteroatoms. The topological polar surface area (TPSA) is 154 Å². The quantitative estimate of drug-likeness (QED) is 0.251. The maximum atomic E-state index is 13.4. The van der Waals surface area contributed by atoms with Gasteiger partial charge in [0, 0.05) is 42.4 Å². The molecule has 1 aliphatic rings. The van der Waals surface area contributed by atoms with Crippen molar-refractivity contribution >= 4 is 38.9 Å². The smallest absolute Gasteiger partial charge is 0.255 e. The first-order valence-corrected chi connectivity index (χ1v) is 16.3. The van der Waals surface area contributed by atoms with Gasteiger partial charge in [-0.25, -0.2) is 8.42 Å². The Morgan fingerprint density at radius 1 is 1.16 bits per heavy atom. The molecule has 3 aromatic rings. The van der Waals surface area contributed by atoms with Gasteiger partial charge in [-0.3, -0.25) is 19.2 Å². The van der Waals surface area contributed by atoms with Crippen LogP contribution in [0, 0.1) is 5.92 Å². The molecule has 0 saturated carbocycles. The van der Waals surface area contributed by atoms with Crippen LogP contribution in [0.25, 0.3) is 0 Å². The van der Waals surface area contributed by atoms with Crippen LogP contribution in [-0.2, 0) is 27.8 Å². The van der Waals surface area contributed by atoms with E-state index < -0.39 is 16.1 Å². The van der Waals surface area contributed by atoms with Crippen molar-refractivity contribution in [3.63, 3.8) is 0 Å². The van der Waals surface area contributed by atoms with Gasteiger partial charge in [-0.2, -0.15) is 0 Å². The highest BCUT2D eigenvalue weighted by Gasteiger charge is 2.31. The van der Waals surface area contributed by atoms with E-state index in [9.17, 15) is 23.1 Å². The van der Waals surface area contributed by atoms with E-state index in [0.29, 0.717) is 53.6 Å². The third-order valence-electron chi connectivity index (χ3n) is 7.59. The minimum absolute atomic E-state index is 0.00499. The molecule has 3 atom stereocenters. The molecule has 0 fully saturated rings. The molecule has 11 nitrogen and oxygen atoms in total. The van der Waals surface area contributed by atoms with E-state index in [1.807, 2.05) is 32.2 Å². The second-order valence-corrected chi connectivity index (χ2v) is 13.3. The van der Waals surface area contributed by atoms with Gasteiger partial charge >= 0.3 is 0 Å². The maximum absolute atomic E-state index is 13.4. The van der Waals surface area contributed by atoms with Crippen molar-refractivity contribution < 1.29 is 27.9 Å². The molecule has 4 rings (SSSR count). The average molecular weight is 624 g/mol. The second-order valence-electron chi connectivity index (χ2n) is 11.5. The lowest BCUT2D eigenvalue weighted by molar-refractivity contribution is -0.134. The Hall–Kier alpha value is -4.13. The number of ether oxygens (including phenoxy) is 1. The predicted octanol–water partition coefficient (Wildman–Crippen LogP) is 3.17.